The highest BCUT2D eigenvalue weighted by molar-refractivity contribution is 5.89. The molecular formula is C8H14FNO3. The molecule has 0 radical (unpaired) electrons. The molecule has 0 aliphatic carbocycles. The smallest absolute Gasteiger partial charge is 0.261 e. The van der Waals surface area contributed by atoms with Crippen LogP contribution in [0.3, 0.4) is 0 Å². The van der Waals surface area contributed by atoms with Crippen LogP contribution in [0.2, 0.25) is 0 Å². The number of aliphatic hydroxyl groups excluding tert-OH is 1. The van der Waals surface area contributed by atoms with Crippen LogP contribution < -0.4 is 5.32 Å². The van der Waals surface area contributed by atoms with Crippen molar-refractivity contribution in [2.45, 2.75) is 37.6 Å². The van der Waals surface area contributed by atoms with Crippen molar-refractivity contribution in [3.8, 4) is 0 Å². The zero-order chi connectivity index (χ0) is 10.3. The fraction of sp³-hybridized carbons (Fsp3) is 0.875. The van der Waals surface area contributed by atoms with Gasteiger partial charge in [0.25, 0.3) is 5.91 Å². The summed E-state index contributed by atoms with van der Waals surface area (Å²) in [5.41, 5.74) is -4.01. The first-order chi connectivity index (χ1) is 5.81. The Hall–Kier alpha value is -0.680. The topological polar surface area (TPSA) is 69.6 Å². The van der Waals surface area contributed by atoms with E-state index in [9.17, 15) is 14.3 Å². The number of carbonyl (C=O) groups is 1. The molecule has 1 heterocycles. The van der Waals surface area contributed by atoms with E-state index in [2.05, 4.69) is 5.32 Å². The van der Waals surface area contributed by atoms with Crippen molar-refractivity contribution < 1.29 is 19.4 Å². The molecule has 0 aromatic carbocycles. The Kier molecular flexibility index (Phi) is 2.34. The van der Waals surface area contributed by atoms with E-state index < -0.39 is 23.2 Å². The molecule has 76 valence electrons. The maximum absolute atomic E-state index is 13.9. The first kappa shape index (κ1) is 10.4. The zero-order valence-corrected chi connectivity index (χ0v) is 7.67. The minimum atomic E-state index is -2.29. The lowest BCUT2D eigenvalue weighted by Crippen LogP contribution is -2.51. The van der Waals surface area contributed by atoms with E-state index in [1.165, 1.54) is 13.8 Å². The summed E-state index contributed by atoms with van der Waals surface area (Å²) in [6.45, 7) is 2.17. The van der Waals surface area contributed by atoms with Crippen molar-refractivity contribution in [1.82, 2.24) is 5.32 Å². The number of hydrogen-bond donors (Lipinski definition) is 3. The molecule has 13 heavy (non-hydrogen) atoms. The molecule has 1 saturated heterocycles. The van der Waals surface area contributed by atoms with Crippen LogP contribution in [-0.4, -0.2) is 40.0 Å². The van der Waals surface area contributed by atoms with Gasteiger partial charge in [0.05, 0.1) is 12.6 Å². The molecule has 1 amide bonds. The van der Waals surface area contributed by atoms with E-state index >= 15 is 0 Å². The lowest BCUT2D eigenvalue weighted by molar-refractivity contribution is -0.145. The first-order valence-electron chi connectivity index (χ1n) is 4.14. The summed E-state index contributed by atoms with van der Waals surface area (Å²) in [6, 6.07) is -0.594. The van der Waals surface area contributed by atoms with Crippen LogP contribution in [0.1, 0.15) is 20.3 Å². The fourth-order valence-electron chi connectivity index (χ4n) is 1.42. The normalized spacial score (nSPS) is 34.8. The molecule has 1 fully saturated rings. The maximum Gasteiger partial charge on any atom is 0.261 e. The van der Waals surface area contributed by atoms with Gasteiger partial charge in [-0.25, -0.2) is 4.39 Å². The van der Waals surface area contributed by atoms with Crippen molar-refractivity contribution in [2.24, 2.45) is 0 Å². The quantitative estimate of drug-likeness (QED) is 0.543. The standard InChI is InChI=1S/C8H14FNO3/c1-7(2,13)8(9)3-5(4-11)10-6(8)12/h5,11,13H,3-4H2,1-2H3,(H,10,12)/t5-,8-/m0/s1. The lowest BCUT2D eigenvalue weighted by atomic mass is 9.85. The molecule has 3 N–H and O–H groups in total. The summed E-state index contributed by atoms with van der Waals surface area (Å²) in [7, 11) is 0. The maximum atomic E-state index is 13.9. The van der Waals surface area contributed by atoms with Crippen LogP contribution >= 0.6 is 0 Å². The largest absolute Gasteiger partial charge is 0.394 e. The minimum absolute atomic E-state index is 0.189. The van der Waals surface area contributed by atoms with Crippen molar-refractivity contribution in [2.75, 3.05) is 6.61 Å². The van der Waals surface area contributed by atoms with Crippen molar-refractivity contribution in [1.29, 1.82) is 0 Å². The van der Waals surface area contributed by atoms with E-state index in [0.717, 1.165) is 0 Å². The summed E-state index contributed by atoms with van der Waals surface area (Å²) in [6.07, 6.45) is -0.189. The summed E-state index contributed by atoms with van der Waals surface area (Å²) in [5, 5.41) is 20.4. The number of halogens is 1. The van der Waals surface area contributed by atoms with Gasteiger partial charge < -0.3 is 15.5 Å². The Labute approximate surface area is 75.8 Å². The predicted octanol–water partition coefficient (Wildman–Crippen LogP) is -0.654. The van der Waals surface area contributed by atoms with Gasteiger partial charge >= 0.3 is 0 Å². The van der Waals surface area contributed by atoms with Gasteiger partial charge in [-0.3, -0.25) is 4.79 Å². The van der Waals surface area contributed by atoms with Crippen molar-refractivity contribution in [3.63, 3.8) is 0 Å². The van der Waals surface area contributed by atoms with Gasteiger partial charge in [0, 0.05) is 6.42 Å². The molecule has 5 heteroatoms. The van der Waals surface area contributed by atoms with Crippen LogP contribution in [-0.2, 0) is 4.79 Å². The molecule has 1 rings (SSSR count). The van der Waals surface area contributed by atoms with Gasteiger partial charge in [-0.1, -0.05) is 0 Å². The Balaban J connectivity index is 2.87. The van der Waals surface area contributed by atoms with Gasteiger partial charge in [-0.15, -0.1) is 0 Å². The third-order valence-corrected chi connectivity index (χ3v) is 2.41. The third-order valence-electron chi connectivity index (χ3n) is 2.41. The van der Waals surface area contributed by atoms with Crippen molar-refractivity contribution in [3.05, 3.63) is 0 Å². The summed E-state index contributed by atoms with van der Waals surface area (Å²) >= 11 is 0. The molecule has 0 aromatic heterocycles. The van der Waals surface area contributed by atoms with Crippen molar-refractivity contribution >= 4 is 5.91 Å². The van der Waals surface area contributed by atoms with Crippen LogP contribution in [0, 0.1) is 0 Å². The highest BCUT2D eigenvalue weighted by atomic mass is 19.1. The molecule has 0 bridgehead atoms. The number of alkyl halides is 1. The first-order valence-corrected chi connectivity index (χ1v) is 4.14. The molecule has 0 saturated carbocycles. The number of nitrogens with one attached hydrogen (secondary N) is 1. The third kappa shape index (κ3) is 1.53. The van der Waals surface area contributed by atoms with E-state index in [1.54, 1.807) is 0 Å². The highest BCUT2D eigenvalue weighted by Gasteiger charge is 2.56. The van der Waals surface area contributed by atoms with Crippen LogP contribution in [0.25, 0.3) is 0 Å². The van der Waals surface area contributed by atoms with E-state index in [-0.39, 0.29) is 13.0 Å². The SMILES string of the molecule is CC(C)(O)[C@]1(F)C[C@@H](CO)NC1=O. The Bertz CT molecular complexity index is 226. The summed E-state index contributed by atoms with van der Waals surface area (Å²) in [4.78, 5) is 11.2. The predicted molar refractivity (Wildman–Crippen MR) is 43.8 cm³/mol. The van der Waals surface area contributed by atoms with Gasteiger partial charge in [0.15, 0.2) is 0 Å². The lowest BCUT2D eigenvalue weighted by Gasteiger charge is -2.29. The molecule has 0 unspecified atom stereocenters. The fourth-order valence-corrected chi connectivity index (χ4v) is 1.42. The van der Waals surface area contributed by atoms with Gasteiger partial charge in [-0.2, -0.15) is 0 Å². The number of hydrogen-bond acceptors (Lipinski definition) is 3. The molecule has 0 spiro atoms. The van der Waals surface area contributed by atoms with Crippen LogP contribution in [0.5, 0.6) is 0 Å². The van der Waals surface area contributed by atoms with E-state index in [4.69, 9.17) is 5.11 Å². The summed E-state index contributed by atoms with van der Waals surface area (Å²) < 4.78 is 13.9. The Morgan fingerprint density at radius 1 is 1.77 bits per heavy atom. The van der Waals surface area contributed by atoms with Crippen LogP contribution in [0.4, 0.5) is 4.39 Å². The number of rotatable bonds is 2. The second-order valence-electron chi connectivity index (χ2n) is 3.92. The average Bonchev–Trinajstić information content (AvgIpc) is 2.28. The second kappa shape index (κ2) is 2.92. The van der Waals surface area contributed by atoms with Gasteiger partial charge in [0.1, 0.15) is 5.60 Å². The monoisotopic (exact) mass is 191 g/mol. The molecular weight excluding hydrogens is 177 g/mol. The molecule has 1 aliphatic heterocycles. The molecule has 4 nitrogen and oxygen atoms in total. The Morgan fingerprint density at radius 2 is 2.31 bits per heavy atom. The van der Waals surface area contributed by atoms with Crippen LogP contribution in [0.15, 0.2) is 0 Å². The molecule has 2 atom stereocenters. The highest BCUT2D eigenvalue weighted by Crippen LogP contribution is 2.35. The summed E-state index contributed by atoms with van der Waals surface area (Å²) in [5.74, 6) is -0.848. The minimum Gasteiger partial charge on any atom is -0.394 e. The number of aliphatic hydroxyl groups is 2. The second-order valence-corrected chi connectivity index (χ2v) is 3.92. The van der Waals surface area contributed by atoms with E-state index in [1.807, 2.05) is 0 Å². The molecule has 0 aromatic rings. The van der Waals surface area contributed by atoms with E-state index in [0.29, 0.717) is 0 Å². The van der Waals surface area contributed by atoms with Gasteiger partial charge in [-0.05, 0) is 13.8 Å². The molecule has 1 aliphatic rings. The number of amides is 1. The zero-order valence-electron chi connectivity index (χ0n) is 7.67. The number of carbonyl (C=O) groups excluding carboxylic acids is 1. The average molecular weight is 191 g/mol. The van der Waals surface area contributed by atoms with Gasteiger partial charge in [0.2, 0.25) is 5.67 Å². The Morgan fingerprint density at radius 3 is 2.54 bits per heavy atom.